The summed E-state index contributed by atoms with van der Waals surface area (Å²) in [5, 5.41) is 4.98. The fraction of sp³-hybridized carbons (Fsp3) is 0.400. The number of ketones is 1. The van der Waals surface area contributed by atoms with E-state index >= 15 is 0 Å². The highest BCUT2D eigenvalue weighted by Gasteiger charge is 2.34. The lowest BCUT2D eigenvalue weighted by atomic mass is 10.0. The third-order valence-corrected chi connectivity index (χ3v) is 6.40. The molecule has 31 heavy (non-hydrogen) atoms. The number of oxazole rings is 1. The minimum Gasteiger partial charge on any atom is -0.446 e. The Hall–Kier alpha value is -3.05. The molecule has 10 nitrogen and oxygen atoms in total. The number of Topliss-reactive ketones (excluding diaryl/α,β-unsaturated/α-hetero) is 1. The number of hydrogen-bond acceptors (Lipinski definition) is 7. The summed E-state index contributed by atoms with van der Waals surface area (Å²) in [6.45, 7) is 3.38. The lowest BCUT2D eigenvalue weighted by molar-refractivity contribution is -0.140. The molecule has 0 saturated carbocycles. The van der Waals surface area contributed by atoms with Gasteiger partial charge in [0.1, 0.15) is 11.8 Å². The largest absolute Gasteiger partial charge is 0.446 e. The second kappa shape index (κ2) is 9.40. The molecule has 1 aliphatic heterocycles. The summed E-state index contributed by atoms with van der Waals surface area (Å²) in [7, 11) is -3.96. The van der Waals surface area contributed by atoms with E-state index in [4.69, 9.17) is 4.42 Å². The minimum atomic E-state index is -3.96. The molecule has 11 heteroatoms. The quantitative estimate of drug-likeness (QED) is 0.538. The van der Waals surface area contributed by atoms with Gasteiger partial charge in [0.05, 0.1) is 23.2 Å². The number of aryl methyl sites for hydroxylation is 1. The molecule has 0 aliphatic carbocycles. The first-order valence-corrected chi connectivity index (χ1v) is 11.3. The molecule has 2 unspecified atom stereocenters. The van der Waals surface area contributed by atoms with Crippen molar-refractivity contribution in [3.63, 3.8) is 0 Å². The molecule has 0 saturated heterocycles. The topological polar surface area (TPSA) is 147 Å². The van der Waals surface area contributed by atoms with E-state index in [0.717, 1.165) is 0 Å². The van der Waals surface area contributed by atoms with Gasteiger partial charge in [-0.1, -0.05) is 32.0 Å². The zero-order chi connectivity index (χ0) is 22.6. The van der Waals surface area contributed by atoms with Gasteiger partial charge in [-0.25, -0.2) is 13.4 Å². The Balaban J connectivity index is 1.77. The average Bonchev–Trinajstić information content (AvgIpc) is 3.20. The van der Waals surface area contributed by atoms with Gasteiger partial charge in [-0.15, -0.1) is 0 Å². The fourth-order valence-corrected chi connectivity index (χ4v) is 4.55. The van der Waals surface area contributed by atoms with Gasteiger partial charge < -0.3 is 15.1 Å². The van der Waals surface area contributed by atoms with Crippen LogP contribution >= 0.6 is 0 Å². The summed E-state index contributed by atoms with van der Waals surface area (Å²) in [6, 6.07) is 5.39. The summed E-state index contributed by atoms with van der Waals surface area (Å²) >= 11 is 0. The van der Waals surface area contributed by atoms with Crippen molar-refractivity contribution in [2.75, 3.05) is 0 Å². The third-order valence-electron chi connectivity index (χ3n) is 4.95. The SMILES string of the molecule is CC(C)C(NS(=O)(=O)c1ccccc1)C(=O)NC1CCc2ncoc2CNC(=O)C1=O. The number of aromatic nitrogens is 1. The lowest BCUT2D eigenvalue weighted by Gasteiger charge is -2.24. The van der Waals surface area contributed by atoms with Crippen molar-refractivity contribution in [2.24, 2.45) is 5.92 Å². The fourth-order valence-electron chi connectivity index (χ4n) is 3.19. The molecule has 0 fully saturated rings. The van der Waals surface area contributed by atoms with Gasteiger partial charge in [0, 0.05) is 0 Å². The van der Waals surface area contributed by atoms with Gasteiger partial charge in [0.2, 0.25) is 21.7 Å². The molecule has 3 rings (SSSR count). The van der Waals surface area contributed by atoms with Crippen molar-refractivity contribution in [1.82, 2.24) is 20.3 Å². The number of carbonyl (C=O) groups excluding carboxylic acids is 3. The first-order valence-electron chi connectivity index (χ1n) is 9.80. The molecule has 0 radical (unpaired) electrons. The van der Waals surface area contributed by atoms with Crippen molar-refractivity contribution >= 4 is 27.6 Å². The van der Waals surface area contributed by atoms with Gasteiger partial charge in [0.15, 0.2) is 6.39 Å². The minimum absolute atomic E-state index is 0.0184. The maximum atomic E-state index is 12.9. The third kappa shape index (κ3) is 5.36. The molecule has 1 aromatic heterocycles. The van der Waals surface area contributed by atoms with Gasteiger partial charge in [-0.3, -0.25) is 14.4 Å². The van der Waals surface area contributed by atoms with E-state index in [9.17, 15) is 22.8 Å². The number of nitrogens with zero attached hydrogens (tertiary/aromatic N) is 1. The van der Waals surface area contributed by atoms with Crippen LogP contribution in [0.15, 0.2) is 46.0 Å². The predicted molar refractivity (Wildman–Crippen MR) is 109 cm³/mol. The highest BCUT2D eigenvalue weighted by molar-refractivity contribution is 7.89. The van der Waals surface area contributed by atoms with Crippen LogP contribution in [0.25, 0.3) is 0 Å². The molecule has 2 amide bonds. The Kier molecular flexibility index (Phi) is 6.86. The van der Waals surface area contributed by atoms with Gasteiger partial charge >= 0.3 is 0 Å². The Morgan fingerprint density at radius 1 is 1.23 bits per heavy atom. The van der Waals surface area contributed by atoms with Crippen LogP contribution in [-0.2, 0) is 37.4 Å². The zero-order valence-electron chi connectivity index (χ0n) is 17.1. The number of amides is 2. The Bertz CT molecular complexity index is 1060. The first kappa shape index (κ1) is 22.6. The molecule has 2 aromatic rings. The first-order chi connectivity index (χ1) is 14.7. The maximum Gasteiger partial charge on any atom is 0.289 e. The Morgan fingerprint density at radius 3 is 2.61 bits per heavy atom. The van der Waals surface area contributed by atoms with Crippen molar-refractivity contribution < 1.29 is 27.2 Å². The molecule has 0 spiro atoms. The standard InChI is InChI=1S/C20H24N4O6S/c1-12(2)17(24-31(28,29)13-6-4-3-5-7-13)19(26)23-15-9-8-14-16(30-11-22-14)10-21-20(27)18(15)25/h3-7,11-12,15,17,24H,8-10H2,1-2H3,(H,21,27)(H,23,26). The van der Waals surface area contributed by atoms with Crippen LogP contribution in [0, 0.1) is 5.92 Å². The van der Waals surface area contributed by atoms with E-state index in [1.165, 1.54) is 18.5 Å². The summed E-state index contributed by atoms with van der Waals surface area (Å²) < 4.78 is 33.0. The van der Waals surface area contributed by atoms with E-state index in [1.54, 1.807) is 32.0 Å². The zero-order valence-corrected chi connectivity index (χ0v) is 17.9. The molecule has 1 aromatic carbocycles. The van der Waals surface area contributed by atoms with E-state index in [1.807, 2.05) is 0 Å². The normalized spacial score (nSPS) is 18.4. The molecule has 2 heterocycles. The number of benzene rings is 1. The predicted octanol–water partition coefficient (Wildman–Crippen LogP) is 0.294. The number of carbonyl (C=O) groups is 3. The molecule has 3 N–H and O–H groups in total. The molecule has 1 aliphatic rings. The number of hydrogen-bond donors (Lipinski definition) is 3. The van der Waals surface area contributed by atoms with E-state index in [0.29, 0.717) is 17.9 Å². The van der Waals surface area contributed by atoms with Crippen LogP contribution in [0.2, 0.25) is 0 Å². The Morgan fingerprint density at radius 2 is 1.94 bits per heavy atom. The van der Waals surface area contributed by atoms with Crippen molar-refractivity contribution in [3.8, 4) is 0 Å². The maximum absolute atomic E-state index is 12.9. The molecule has 0 bridgehead atoms. The lowest BCUT2D eigenvalue weighted by Crippen LogP contribution is -2.55. The average molecular weight is 449 g/mol. The van der Waals surface area contributed by atoms with Crippen LogP contribution in [0.4, 0.5) is 0 Å². The van der Waals surface area contributed by atoms with Crippen LogP contribution < -0.4 is 15.4 Å². The summed E-state index contributed by atoms with van der Waals surface area (Å²) in [4.78, 5) is 41.7. The second-order valence-corrected chi connectivity index (χ2v) is 9.24. The van der Waals surface area contributed by atoms with Crippen LogP contribution in [0.3, 0.4) is 0 Å². The number of fused-ring (bicyclic) bond motifs is 1. The van der Waals surface area contributed by atoms with Gasteiger partial charge in [0.25, 0.3) is 5.91 Å². The number of rotatable bonds is 6. The van der Waals surface area contributed by atoms with Crippen LogP contribution in [0.1, 0.15) is 31.7 Å². The van der Waals surface area contributed by atoms with Crippen LogP contribution in [0.5, 0.6) is 0 Å². The van der Waals surface area contributed by atoms with E-state index in [2.05, 4.69) is 20.3 Å². The van der Waals surface area contributed by atoms with Gasteiger partial charge in [-0.05, 0) is 30.9 Å². The molecule has 2 atom stereocenters. The van der Waals surface area contributed by atoms with Crippen molar-refractivity contribution in [3.05, 3.63) is 48.2 Å². The molecular weight excluding hydrogens is 424 g/mol. The summed E-state index contributed by atoms with van der Waals surface area (Å²) in [5.41, 5.74) is 0.583. The highest BCUT2D eigenvalue weighted by Crippen LogP contribution is 2.15. The van der Waals surface area contributed by atoms with Crippen molar-refractivity contribution in [1.29, 1.82) is 0 Å². The van der Waals surface area contributed by atoms with E-state index in [-0.39, 0.29) is 17.9 Å². The Labute approximate surface area is 179 Å². The highest BCUT2D eigenvalue weighted by atomic mass is 32.2. The number of sulfonamides is 1. The number of nitrogens with one attached hydrogen (secondary N) is 3. The van der Waals surface area contributed by atoms with Crippen LogP contribution in [-0.4, -0.2) is 43.1 Å². The summed E-state index contributed by atoms with van der Waals surface area (Å²) in [5.74, 6) is -2.34. The van der Waals surface area contributed by atoms with Crippen molar-refractivity contribution in [2.45, 2.75) is 50.2 Å². The monoisotopic (exact) mass is 448 g/mol. The summed E-state index contributed by atoms with van der Waals surface area (Å²) in [6.07, 6.45) is 1.67. The molecule has 166 valence electrons. The molecular formula is C20H24N4O6S. The van der Waals surface area contributed by atoms with Gasteiger partial charge in [-0.2, -0.15) is 4.72 Å². The second-order valence-electron chi connectivity index (χ2n) is 7.53. The van der Waals surface area contributed by atoms with E-state index < -0.39 is 45.6 Å². The smallest absolute Gasteiger partial charge is 0.289 e.